The molecule has 0 radical (unpaired) electrons. The third-order valence-electron chi connectivity index (χ3n) is 3.97. The Balaban J connectivity index is 1.63. The highest BCUT2D eigenvalue weighted by atomic mass is 79.9. The number of rotatable bonds is 3. The van der Waals surface area contributed by atoms with Gasteiger partial charge in [-0.15, -0.1) is 0 Å². The van der Waals surface area contributed by atoms with E-state index in [0.29, 0.717) is 6.54 Å². The topological polar surface area (TPSA) is 50.9 Å². The summed E-state index contributed by atoms with van der Waals surface area (Å²) >= 11 is 3.46. The van der Waals surface area contributed by atoms with Crippen molar-refractivity contribution < 1.29 is 5.11 Å². The molecule has 3 heterocycles. The van der Waals surface area contributed by atoms with Gasteiger partial charge in [0.05, 0.1) is 16.4 Å². The van der Waals surface area contributed by atoms with Gasteiger partial charge in [0, 0.05) is 40.9 Å². The van der Waals surface area contributed by atoms with Gasteiger partial charge in [0.2, 0.25) is 5.88 Å². The van der Waals surface area contributed by atoms with Crippen molar-refractivity contribution in [3.63, 3.8) is 0 Å². The molecule has 1 aromatic carbocycles. The summed E-state index contributed by atoms with van der Waals surface area (Å²) < 4.78 is 2.67. The average Bonchev–Trinajstić information content (AvgIpc) is 2.90. The Kier molecular flexibility index (Phi) is 3.50. The second-order valence-corrected chi connectivity index (χ2v) is 6.30. The van der Waals surface area contributed by atoms with E-state index >= 15 is 0 Å². The number of halogens is 1. The molecule has 4 nitrogen and oxygen atoms in total. The fraction of sp³-hybridized carbons (Fsp3) is 0.111. The summed E-state index contributed by atoms with van der Waals surface area (Å²) in [6.07, 6.45) is 4.34. The van der Waals surface area contributed by atoms with E-state index in [0.717, 1.165) is 38.4 Å². The number of aryl methyl sites for hydroxylation is 2. The zero-order valence-corrected chi connectivity index (χ0v) is 13.9. The molecule has 3 aromatic heterocycles. The molecule has 1 N–H and O–H groups in total. The van der Waals surface area contributed by atoms with Crippen molar-refractivity contribution in [1.82, 2.24) is 14.5 Å². The van der Waals surface area contributed by atoms with Crippen LogP contribution in [0.3, 0.4) is 0 Å². The summed E-state index contributed by atoms with van der Waals surface area (Å²) in [6.45, 7) is 0.653. The predicted molar refractivity (Wildman–Crippen MR) is 94.5 cm³/mol. The molecule has 0 aliphatic carbocycles. The highest BCUT2D eigenvalue weighted by molar-refractivity contribution is 9.10. The maximum Gasteiger partial charge on any atom is 0.201 e. The fourth-order valence-corrected chi connectivity index (χ4v) is 3.28. The van der Waals surface area contributed by atoms with Gasteiger partial charge in [0.15, 0.2) is 0 Å². The molecule has 5 heteroatoms. The van der Waals surface area contributed by atoms with Crippen LogP contribution in [0.2, 0.25) is 0 Å². The SMILES string of the molecule is Oc1c2c(Br)ccnc2cn1CCc1ccc2ccccc2n1. The fourth-order valence-electron chi connectivity index (χ4n) is 2.78. The second kappa shape index (κ2) is 5.66. The van der Waals surface area contributed by atoms with Crippen LogP contribution in [0.4, 0.5) is 0 Å². The van der Waals surface area contributed by atoms with E-state index in [1.807, 2.05) is 41.1 Å². The Hall–Kier alpha value is -2.40. The van der Waals surface area contributed by atoms with Gasteiger partial charge in [0.25, 0.3) is 0 Å². The molecule has 0 saturated carbocycles. The minimum absolute atomic E-state index is 0.237. The lowest BCUT2D eigenvalue weighted by Crippen LogP contribution is -2.01. The van der Waals surface area contributed by atoms with Gasteiger partial charge in [0.1, 0.15) is 0 Å². The monoisotopic (exact) mass is 367 g/mol. The van der Waals surface area contributed by atoms with Gasteiger partial charge in [-0.1, -0.05) is 24.3 Å². The average molecular weight is 368 g/mol. The van der Waals surface area contributed by atoms with Crippen molar-refractivity contribution in [2.45, 2.75) is 13.0 Å². The van der Waals surface area contributed by atoms with Crippen molar-refractivity contribution in [2.75, 3.05) is 0 Å². The zero-order chi connectivity index (χ0) is 15.8. The minimum Gasteiger partial charge on any atom is -0.494 e. The number of aromatic nitrogens is 3. The molecule has 0 spiro atoms. The van der Waals surface area contributed by atoms with Crippen molar-refractivity contribution in [1.29, 1.82) is 0 Å². The Labute approximate surface area is 141 Å². The summed E-state index contributed by atoms with van der Waals surface area (Å²) in [5.74, 6) is 0.237. The van der Waals surface area contributed by atoms with E-state index in [4.69, 9.17) is 0 Å². The third kappa shape index (κ3) is 2.57. The highest BCUT2D eigenvalue weighted by Gasteiger charge is 2.12. The molecule has 0 aliphatic heterocycles. The number of para-hydroxylation sites is 1. The molecule has 0 aliphatic rings. The van der Waals surface area contributed by atoms with Crippen LogP contribution < -0.4 is 0 Å². The maximum atomic E-state index is 10.4. The molecule has 0 fully saturated rings. The molecular formula is C18H14BrN3O. The van der Waals surface area contributed by atoms with Gasteiger partial charge >= 0.3 is 0 Å². The summed E-state index contributed by atoms with van der Waals surface area (Å²) in [4.78, 5) is 8.96. The minimum atomic E-state index is 0.237. The number of nitrogens with zero attached hydrogens (tertiary/aromatic N) is 3. The Morgan fingerprint density at radius 3 is 2.78 bits per heavy atom. The van der Waals surface area contributed by atoms with E-state index in [1.165, 1.54) is 0 Å². The van der Waals surface area contributed by atoms with Crippen LogP contribution in [0.1, 0.15) is 5.69 Å². The molecular weight excluding hydrogens is 354 g/mol. The van der Waals surface area contributed by atoms with Crippen molar-refractivity contribution in [2.24, 2.45) is 0 Å². The smallest absolute Gasteiger partial charge is 0.201 e. The van der Waals surface area contributed by atoms with Crippen LogP contribution in [0.5, 0.6) is 5.88 Å². The molecule has 0 unspecified atom stereocenters. The number of aromatic hydroxyl groups is 1. The molecule has 0 saturated heterocycles. The number of pyridine rings is 2. The van der Waals surface area contributed by atoms with Gasteiger partial charge in [-0.2, -0.15) is 0 Å². The van der Waals surface area contributed by atoms with Crippen LogP contribution in [-0.2, 0) is 13.0 Å². The maximum absolute atomic E-state index is 10.4. The van der Waals surface area contributed by atoms with Gasteiger partial charge in [-0.3, -0.25) is 9.97 Å². The van der Waals surface area contributed by atoms with E-state index in [1.54, 1.807) is 6.20 Å². The largest absolute Gasteiger partial charge is 0.494 e. The summed E-state index contributed by atoms with van der Waals surface area (Å²) in [5.41, 5.74) is 2.78. The van der Waals surface area contributed by atoms with Gasteiger partial charge in [-0.05, 0) is 34.1 Å². The van der Waals surface area contributed by atoms with Gasteiger partial charge in [-0.25, -0.2) is 0 Å². The molecule has 0 bridgehead atoms. The number of fused-ring (bicyclic) bond motifs is 2. The Morgan fingerprint density at radius 1 is 1.04 bits per heavy atom. The lowest BCUT2D eigenvalue weighted by Gasteiger charge is -2.06. The quantitative estimate of drug-likeness (QED) is 0.587. The van der Waals surface area contributed by atoms with E-state index in [-0.39, 0.29) is 5.88 Å². The van der Waals surface area contributed by atoms with Gasteiger partial charge < -0.3 is 9.67 Å². The lowest BCUT2D eigenvalue weighted by molar-refractivity contribution is 0.422. The summed E-state index contributed by atoms with van der Waals surface area (Å²) in [6, 6.07) is 14.0. The highest BCUT2D eigenvalue weighted by Crippen LogP contribution is 2.32. The molecule has 114 valence electrons. The Morgan fingerprint density at radius 2 is 1.91 bits per heavy atom. The zero-order valence-electron chi connectivity index (χ0n) is 12.3. The second-order valence-electron chi connectivity index (χ2n) is 5.44. The number of benzene rings is 1. The molecule has 0 atom stereocenters. The number of hydrogen-bond donors (Lipinski definition) is 1. The standard InChI is InChI=1S/C18H14BrN3O/c19-14-7-9-20-16-11-22(18(23)17(14)16)10-8-13-6-5-12-3-1-2-4-15(12)21-13/h1-7,9,11,23H,8,10H2. The van der Waals surface area contributed by atoms with E-state index < -0.39 is 0 Å². The molecule has 0 amide bonds. The van der Waals surface area contributed by atoms with Crippen LogP contribution in [0.15, 0.2) is 59.3 Å². The van der Waals surface area contributed by atoms with E-state index in [2.05, 4.69) is 38.0 Å². The van der Waals surface area contributed by atoms with Crippen LogP contribution in [0, 0.1) is 0 Å². The van der Waals surface area contributed by atoms with E-state index in [9.17, 15) is 5.11 Å². The molecule has 4 rings (SSSR count). The third-order valence-corrected chi connectivity index (χ3v) is 4.63. The van der Waals surface area contributed by atoms with Crippen molar-refractivity contribution in [3.8, 4) is 5.88 Å². The predicted octanol–water partition coefficient (Wildman–Crippen LogP) is 4.30. The first-order valence-corrected chi connectivity index (χ1v) is 8.18. The van der Waals surface area contributed by atoms with Crippen molar-refractivity contribution in [3.05, 3.63) is 65.0 Å². The van der Waals surface area contributed by atoms with Crippen LogP contribution in [-0.4, -0.2) is 19.6 Å². The Bertz CT molecular complexity index is 1010. The molecule has 23 heavy (non-hydrogen) atoms. The summed E-state index contributed by atoms with van der Waals surface area (Å²) in [7, 11) is 0. The first kappa shape index (κ1) is 14.2. The first-order chi connectivity index (χ1) is 11.2. The normalized spacial score (nSPS) is 11.3. The van der Waals surface area contributed by atoms with Crippen LogP contribution >= 0.6 is 15.9 Å². The summed E-state index contributed by atoms with van der Waals surface area (Å²) in [5, 5.41) is 12.3. The van der Waals surface area contributed by atoms with Crippen LogP contribution in [0.25, 0.3) is 21.8 Å². The molecule has 4 aromatic rings. The lowest BCUT2D eigenvalue weighted by atomic mass is 10.2. The first-order valence-electron chi connectivity index (χ1n) is 7.39. The van der Waals surface area contributed by atoms with Crippen molar-refractivity contribution >= 4 is 37.7 Å². The number of hydrogen-bond acceptors (Lipinski definition) is 3.